The minimum absolute atomic E-state index is 0.0239. The van der Waals surface area contributed by atoms with Crippen LogP contribution in [-0.4, -0.2) is 89.0 Å². The summed E-state index contributed by atoms with van der Waals surface area (Å²) in [5.74, 6) is -5.74. The molecule has 2 fully saturated rings. The first-order valence-electron chi connectivity index (χ1n) is 12.9. The molecule has 2 aromatic rings. The molecule has 4 atom stereocenters. The summed E-state index contributed by atoms with van der Waals surface area (Å²) in [4.78, 5) is 36.8. The number of nitrogens with zero attached hydrogens (tertiary/aromatic N) is 4. The van der Waals surface area contributed by atoms with E-state index in [0.717, 1.165) is 0 Å². The van der Waals surface area contributed by atoms with Gasteiger partial charge in [-0.05, 0) is 30.5 Å². The normalized spacial score (nSPS) is 25.4. The molecule has 3 aliphatic rings. The standard InChI is InChI=1S/C27H30F3N5O4S/c1-14(25(36)37)11-34-9-7-19-22(34)27(29,30)13-35(19)12-18-20(26(38)39-3)21(16-5-4-6-17(28)15(16)2)33-23(32-18)24-31-8-10-40-24/h4-6,8,10,14,19,21-22H,7,9,11-13H2,1-3H3,(H,32,33)(H,36,37)/t14-,19+,21+,22-/m1/s1. The number of carboxylic acid groups (broad SMARTS) is 1. The van der Waals surface area contributed by atoms with Gasteiger partial charge in [-0.1, -0.05) is 19.1 Å². The molecule has 214 valence electrons. The predicted molar refractivity (Wildman–Crippen MR) is 142 cm³/mol. The Bertz CT molecular complexity index is 1370. The van der Waals surface area contributed by atoms with Crippen LogP contribution in [0.15, 0.2) is 46.0 Å². The highest BCUT2D eigenvalue weighted by molar-refractivity contribution is 7.11. The molecule has 40 heavy (non-hydrogen) atoms. The Hall–Kier alpha value is -3.29. The van der Waals surface area contributed by atoms with Crippen LogP contribution in [0.2, 0.25) is 0 Å². The van der Waals surface area contributed by atoms with Crippen molar-refractivity contribution < 1.29 is 32.6 Å². The number of carboxylic acids is 1. The number of amidine groups is 1. The van der Waals surface area contributed by atoms with E-state index in [1.165, 1.54) is 37.5 Å². The number of aromatic nitrogens is 1. The number of hydrogen-bond acceptors (Lipinski definition) is 9. The zero-order valence-electron chi connectivity index (χ0n) is 22.2. The molecule has 2 N–H and O–H groups in total. The molecule has 0 amide bonds. The molecule has 3 aliphatic heterocycles. The SMILES string of the molecule is COC(=O)C1=C(CN2CC(F)(F)[C@H]3[C@@H]2CCN3C[C@@H](C)C(=O)O)NC(c2nccs2)=N[C@H]1c1cccc(F)c1C. The van der Waals surface area contributed by atoms with Crippen molar-refractivity contribution in [2.75, 3.05) is 33.3 Å². The minimum Gasteiger partial charge on any atom is -0.481 e. The zero-order chi connectivity index (χ0) is 28.8. The van der Waals surface area contributed by atoms with Crippen molar-refractivity contribution in [2.24, 2.45) is 10.9 Å². The Labute approximate surface area is 233 Å². The smallest absolute Gasteiger partial charge is 0.338 e. The van der Waals surface area contributed by atoms with Crippen LogP contribution in [0, 0.1) is 18.7 Å². The number of ether oxygens (including phenoxy) is 1. The first-order chi connectivity index (χ1) is 19.0. The Balaban J connectivity index is 1.53. The second-order valence-electron chi connectivity index (χ2n) is 10.4. The van der Waals surface area contributed by atoms with Gasteiger partial charge in [0.1, 0.15) is 11.9 Å². The van der Waals surface area contributed by atoms with Gasteiger partial charge in [-0.2, -0.15) is 0 Å². The molecule has 0 spiro atoms. The lowest BCUT2D eigenvalue weighted by Gasteiger charge is -2.31. The molecule has 0 bridgehead atoms. The lowest BCUT2D eigenvalue weighted by atomic mass is 9.92. The molecular weight excluding hydrogens is 547 g/mol. The number of methoxy groups -OCH3 is 1. The molecule has 0 radical (unpaired) electrons. The highest BCUT2D eigenvalue weighted by atomic mass is 32.1. The van der Waals surface area contributed by atoms with Crippen LogP contribution in [0.1, 0.15) is 35.5 Å². The Morgan fingerprint density at radius 1 is 1.32 bits per heavy atom. The summed E-state index contributed by atoms with van der Waals surface area (Å²) in [6.07, 6.45) is 2.02. The summed E-state index contributed by atoms with van der Waals surface area (Å²) < 4.78 is 50.6. The van der Waals surface area contributed by atoms with Crippen molar-refractivity contribution in [3.8, 4) is 0 Å². The number of benzene rings is 1. The number of hydrogen-bond donors (Lipinski definition) is 2. The minimum atomic E-state index is -3.09. The topological polar surface area (TPSA) is 107 Å². The fourth-order valence-electron chi connectivity index (χ4n) is 5.93. The number of thiazole rings is 1. The van der Waals surface area contributed by atoms with E-state index in [1.807, 2.05) is 0 Å². The number of carbonyl (C=O) groups excluding carboxylic acids is 1. The summed E-state index contributed by atoms with van der Waals surface area (Å²) in [6, 6.07) is 1.88. The third-order valence-electron chi connectivity index (χ3n) is 7.85. The van der Waals surface area contributed by atoms with Gasteiger partial charge in [0.15, 0.2) is 10.8 Å². The highest BCUT2D eigenvalue weighted by Gasteiger charge is 2.59. The van der Waals surface area contributed by atoms with Gasteiger partial charge >= 0.3 is 11.9 Å². The van der Waals surface area contributed by atoms with E-state index in [0.29, 0.717) is 40.6 Å². The zero-order valence-corrected chi connectivity index (χ0v) is 23.1. The average molecular weight is 578 g/mol. The highest BCUT2D eigenvalue weighted by Crippen LogP contribution is 2.43. The molecule has 1 aromatic carbocycles. The predicted octanol–water partition coefficient (Wildman–Crippen LogP) is 3.22. The lowest BCUT2D eigenvalue weighted by Crippen LogP contribution is -2.47. The van der Waals surface area contributed by atoms with Gasteiger partial charge < -0.3 is 15.2 Å². The second kappa shape index (κ2) is 10.9. The first-order valence-corrected chi connectivity index (χ1v) is 13.8. The van der Waals surface area contributed by atoms with Crippen LogP contribution < -0.4 is 5.32 Å². The fraction of sp³-hybridized carbons (Fsp3) is 0.481. The monoisotopic (exact) mass is 577 g/mol. The van der Waals surface area contributed by atoms with Gasteiger partial charge in [0.2, 0.25) is 0 Å². The molecule has 9 nitrogen and oxygen atoms in total. The maximum Gasteiger partial charge on any atom is 0.338 e. The lowest BCUT2D eigenvalue weighted by molar-refractivity contribution is -0.142. The van der Waals surface area contributed by atoms with Crippen LogP contribution >= 0.6 is 11.3 Å². The first kappa shape index (κ1) is 28.2. The van der Waals surface area contributed by atoms with E-state index in [4.69, 9.17) is 9.73 Å². The van der Waals surface area contributed by atoms with Crippen molar-refractivity contribution in [1.82, 2.24) is 20.1 Å². The number of alkyl halides is 2. The summed E-state index contributed by atoms with van der Waals surface area (Å²) in [5, 5.41) is 14.8. The molecule has 0 aliphatic carbocycles. The molecular formula is C27H30F3N5O4S. The van der Waals surface area contributed by atoms with E-state index < -0.39 is 54.3 Å². The van der Waals surface area contributed by atoms with Crippen molar-refractivity contribution in [3.63, 3.8) is 0 Å². The average Bonchev–Trinajstić information content (AvgIpc) is 3.64. The number of fused-ring (bicyclic) bond motifs is 1. The molecule has 5 rings (SSSR count). The number of carbonyl (C=O) groups is 2. The van der Waals surface area contributed by atoms with E-state index >= 15 is 8.78 Å². The van der Waals surface area contributed by atoms with Crippen LogP contribution in [0.3, 0.4) is 0 Å². The summed E-state index contributed by atoms with van der Waals surface area (Å²) >= 11 is 1.31. The maximum atomic E-state index is 15.4. The third-order valence-corrected chi connectivity index (χ3v) is 8.63. The number of halogens is 3. The van der Waals surface area contributed by atoms with E-state index in [2.05, 4.69) is 10.3 Å². The van der Waals surface area contributed by atoms with E-state index in [1.54, 1.807) is 34.4 Å². The van der Waals surface area contributed by atoms with Crippen molar-refractivity contribution in [3.05, 3.63) is 63.0 Å². The fourth-order valence-corrected chi connectivity index (χ4v) is 6.51. The van der Waals surface area contributed by atoms with Gasteiger partial charge in [-0.15, -0.1) is 11.3 Å². The van der Waals surface area contributed by atoms with Crippen LogP contribution in [0.25, 0.3) is 0 Å². The molecule has 4 heterocycles. The van der Waals surface area contributed by atoms with E-state index in [9.17, 15) is 19.1 Å². The maximum absolute atomic E-state index is 15.4. The molecule has 2 saturated heterocycles. The van der Waals surface area contributed by atoms with Gasteiger partial charge in [-0.25, -0.2) is 22.9 Å². The van der Waals surface area contributed by atoms with Gasteiger partial charge in [-0.3, -0.25) is 19.6 Å². The van der Waals surface area contributed by atoms with Crippen LogP contribution in [0.4, 0.5) is 13.2 Å². The summed E-state index contributed by atoms with van der Waals surface area (Å²) in [7, 11) is 1.22. The quantitative estimate of drug-likeness (QED) is 0.461. The van der Waals surface area contributed by atoms with E-state index in [-0.39, 0.29) is 18.7 Å². The van der Waals surface area contributed by atoms with Gasteiger partial charge in [0.05, 0.1) is 31.2 Å². The van der Waals surface area contributed by atoms with Crippen molar-refractivity contribution in [1.29, 1.82) is 0 Å². The Kier molecular flexibility index (Phi) is 7.73. The third kappa shape index (κ3) is 5.13. The number of likely N-dealkylation sites (tertiary alicyclic amines) is 2. The number of aliphatic carboxylic acids is 1. The summed E-state index contributed by atoms with van der Waals surface area (Å²) in [6.45, 7) is 2.86. The van der Waals surface area contributed by atoms with Crippen molar-refractivity contribution in [2.45, 2.75) is 44.3 Å². The number of rotatable bonds is 8. The molecule has 0 unspecified atom stereocenters. The van der Waals surface area contributed by atoms with Crippen molar-refractivity contribution >= 4 is 29.1 Å². The molecule has 1 aromatic heterocycles. The van der Waals surface area contributed by atoms with Gasteiger partial charge in [0.25, 0.3) is 5.92 Å². The van der Waals surface area contributed by atoms with Gasteiger partial charge in [0, 0.05) is 43.0 Å². The van der Waals surface area contributed by atoms with Crippen LogP contribution in [-0.2, 0) is 14.3 Å². The number of nitrogens with one attached hydrogen (secondary N) is 1. The second-order valence-corrected chi connectivity index (χ2v) is 11.3. The Morgan fingerprint density at radius 2 is 2.10 bits per heavy atom. The molecule has 13 heteroatoms. The number of esters is 1. The largest absolute Gasteiger partial charge is 0.481 e. The van der Waals surface area contributed by atoms with Crippen LogP contribution in [0.5, 0.6) is 0 Å². The Morgan fingerprint density at radius 3 is 2.77 bits per heavy atom. The number of aliphatic imine (C=N–C) groups is 1. The summed E-state index contributed by atoms with van der Waals surface area (Å²) in [5.41, 5.74) is 1.20. The molecule has 0 saturated carbocycles.